The highest BCUT2D eigenvalue weighted by atomic mass is 16.5. The van der Waals surface area contributed by atoms with Gasteiger partial charge in [0.2, 0.25) is 0 Å². The first-order valence-corrected chi connectivity index (χ1v) is 7.27. The fourth-order valence-corrected chi connectivity index (χ4v) is 1.62. The predicted molar refractivity (Wildman–Crippen MR) is 85.8 cm³/mol. The zero-order valence-corrected chi connectivity index (χ0v) is 13.0. The number of carbonyl (C=O) groups is 1. The van der Waals surface area contributed by atoms with E-state index in [1.807, 2.05) is 13.0 Å². The van der Waals surface area contributed by atoms with Gasteiger partial charge in [-0.2, -0.15) is 5.26 Å². The molecule has 7 heteroatoms. The second kappa shape index (κ2) is 11.1. The third-order valence-electron chi connectivity index (χ3n) is 2.66. The maximum Gasteiger partial charge on any atom is 0.267 e. The minimum absolute atomic E-state index is 0.0379. The molecule has 1 aromatic rings. The highest BCUT2D eigenvalue weighted by Crippen LogP contribution is 2.16. The second-order valence-electron chi connectivity index (χ2n) is 4.37. The third kappa shape index (κ3) is 7.31. The lowest BCUT2D eigenvalue weighted by atomic mass is 10.2. The molecule has 1 rings (SSSR count). The topological polar surface area (TPSA) is 104 Å². The highest BCUT2D eigenvalue weighted by molar-refractivity contribution is 6.06. The quantitative estimate of drug-likeness (QED) is 0.338. The number of rotatable bonds is 10. The monoisotopic (exact) mass is 319 g/mol. The Morgan fingerprint density at radius 1 is 1.35 bits per heavy atom. The zero-order chi connectivity index (χ0) is 16.9. The van der Waals surface area contributed by atoms with E-state index in [0.29, 0.717) is 31.2 Å². The number of nitriles is 1. The molecule has 23 heavy (non-hydrogen) atoms. The van der Waals surface area contributed by atoms with Crippen molar-refractivity contribution in [3.63, 3.8) is 0 Å². The molecule has 0 radical (unpaired) electrons. The van der Waals surface area contributed by atoms with E-state index in [1.54, 1.807) is 24.3 Å². The number of nitrogens with zero attached hydrogens (tertiary/aromatic N) is 1. The van der Waals surface area contributed by atoms with Gasteiger partial charge in [0.15, 0.2) is 0 Å². The van der Waals surface area contributed by atoms with Gasteiger partial charge in [0.05, 0.1) is 26.4 Å². The third-order valence-corrected chi connectivity index (χ3v) is 2.66. The molecule has 1 amide bonds. The average Bonchev–Trinajstić information content (AvgIpc) is 2.56. The van der Waals surface area contributed by atoms with E-state index in [1.165, 1.54) is 6.20 Å². The summed E-state index contributed by atoms with van der Waals surface area (Å²) < 4.78 is 10.4. The molecule has 0 heterocycles. The number of aliphatic hydroxyl groups excluding tert-OH is 1. The van der Waals surface area contributed by atoms with E-state index in [0.717, 1.165) is 0 Å². The second-order valence-corrected chi connectivity index (χ2v) is 4.37. The first-order chi connectivity index (χ1) is 11.2. The lowest BCUT2D eigenvalue weighted by Crippen LogP contribution is -2.19. The van der Waals surface area contributed by atoms with Gasteiger partial charge in [0.1, 0.15) is 17.4 Å². The van der Waals surface area contributed by atoms with Crippen molar-refractivity contribution in [1.29, 1.82) is 5.26 Å². The van der Waals surface area contributed by atoms with Crippen LogP contribution >= 0.6 is 0 Å². The van der Waals surface area contributed by atoms with Crippen LogP contribution in [0.15, 0.2) is 36.0 Å². The minimum Gasteiger partial charge on any atom is -0.494 e. The van der Waals surface area contributed by atoms with Gasteiger partial charge in [-0.05, 0) is 31.2 Å². The van der Waals surface area contributed by atoms with Gasteiger partial charge >= 0.3 is 0 Å². The number of hydrogen-bond donors (Lipinski definition) is 3. The Morgan fingerprint density at radius 3 is 2.70 bits per heavy atom. The Hall–Kier alpha value is -2.56. The zero-order valence-electron chi connectivity index (χ0n) is 13.0. The van der Waals surface area contributed by atoms with Crippen LogP contribution in [0, 0.1) is 11.3 Å². The number of anilines is 1. The smallest absolute Gasteiger partial charge is 0.267 e. The Bertz CT molecular complexity index is 549. The van der Waals surface area contributed by atoms with E-state index in [2.05, 4.69) is 10.6 Å². The molecule has 1 aromatic carbocycles. The first kappa shape index (κ1) is 18.5. The van der Waals surface area contributed by atoms with E-state index < -0.39 is 5.91 Å². The van der Waals surface area contributed by atoms with Crippen LogP contribution in [0.25, 0.3) is 0 Å². The van der Waals surface area contributed by atoms with Crippen molar-refractivity contribution in [2.45, 2.75) is 6.92 Å². The number of hydrogen-bond acceptors (Lipinski definition) is 6. The Labute approximate surface area is 135 Å². The molecule has 0 aliphatic heterocycles. The number of amides is 1. The largest absolute Gasteiger partial charge is 0.494 e. The molecule has 0 aromatic heterocycles. The predicted octanol–water partition coefficient (Wildman–Crippen LogP) is 1.03. The molecular weight excluding hydrogens is 298 g/mol. The van der Waals surface area contributed by atoms with Crippen molar-refractivity contribution in [3.05, 3.63) is 36.0 Å². The minimum atomic E-state index is -0.500. The summed E-state index contributed by atoms with van der Waals surface area (Å²) in [7, 11) is 0. The number of nitrogens with one attached hydrogen (secondary N) is 2. The highest BCUT2D eigenvalue weighted by Gasteiger charge is 2.09. The number of aliphatic hydroxyl groups is 1. The van der Waals surface area contributed by atoms with Crippen molar-refractivity contribution in [2.24, 2.45) is 0 Å². The van der Waals surface area contributed by atoms with Gasteiger partial charge in [0, 0.05) is 18.4 Å². The summed E-state index contributed by atoms with van der Waals surface area (Å²) in [5.41, 5.74) is 0.534. The first-order valence-electron chi connectivity index (χ1n) is 7.27. The molecule has 0 saturated heterocycles. The van der Waals surface area contributed by atoms with Crippen LogP contribution in [0.4, 0.5) is 5.69 Å². The maximum atomic E-state index is 12.0. The van der Waals surface area contributed by atoms with Crippen LogP contribution in [-0.4, -0.2) is 44.0 Å². The van der Waals surface area contributed by atoms with Crippen molar-refractivity contribution in [1.82, 2.24) is 5.32 Å². The molecule has 0 unspecified atom stereocenters. The Balaban J connectivity index is 2.48. The molecule has 3 N–H and O–H groups in total. The summed E-state index contributed by atoms with van der Waals surface area (Å²) in [6, 6.07) is 8.73. The van der Waals surface area contributed by atoms with Crippen LogP contribution in [-0.2, 0) is 9.53 Å². The van der Waals surface area contributed by atoms with E-state index in [9.17, 15) is 4.79 Å². The Morgan fingerprint density at radius 2 is 2.09 bits per heavy atom. The number of benzene rings is 1. The summed E-state index contributed by atoms with van der Waals surface area (Å²) in [4.78, 5) is 12.0. The van der Waals surface area contributed by atoms with Crippen LogP contribution in [0.3, 0.4) is 0 Å². The number of ether oxygens (including phenoxy) is 2. The van der Waals surface area contributed by atoms with Crippen LogP contribution in [0.1, 0.15) is 6.92 Å². The number of carbonyl (C=O) groups excluding carboxylic acids is 1. The molecule has 0 atom stereocenters. The van der Waals surface area contributed by atoms with Crippen molar-refractivity contribution < 1.29 is 19.4 Å². The Kier molecular flexibility index (Phi) is 8.90. The molecule has 7 nitrogen and oxygen atoms in total. The average molecular weight is 319 g/mol. The van der Waals surface area contributed by atoms with Gasteiger partial charge in [0.25, 0.3) is 5.91 Å². The lowest BCUT2D eigenvalue weighted by molar-refractivity contribution is -0.112. The van der Waals surface area contributed by atoms with Gasteiger partial charge in [-0.15, -0.1) is 0 Å². The van der Waals surface area contributed by atoms with Crippen LogP contribution in [0.5, 0.6) is 5.75 Å². The SMILES string of the molecule is CCOc1ccc(NC(=O)/C(C#N)=C\NCCOCCO)cc1. The summed E-state index contributed by atoms with van der Waals surface area (Å²) in [5, 5.41) is 23.0. The maximum absolute atomic E-state index is 12.0. The van der Waals surface area contributed by atoms with Gasteiger partial charge in [-0.3, -0.25) is 4.79 Å². The molecule has 124 valence electrons. The standard InChI is InChI=1S/C16H21N3O4/c1-2-23-15-5-3-14(4-6-15)19-16(21)13(11-17)12-18-7-9-22-10-8-20/h3-6,12,18,20H,2,7-10H2,1H3,(H,19,21)/b13-12-. The van der Waals surface area contributed by atoms with Gasteiger partial charge < -0.3 is 25.2 Å². The molecule has 0 aliphatic carbocycles. The summed E-state index contributed by atoms with van der Waals surface area (Å²) in [6.07, 6.45) is 1.34. The summed E-state index contributed by atoms with van der Waals surface area (Å²) in [6.45, 7) is 3.48. The van der Waals surface area contributed by atoms with Crippen LogP contribution in [0.2, 0.25) is 0 Å². The summed E-state index contributed by atoms with van der Waals surface area (Å²) in [5.74, 6) is 0.214. The fraction of sp³-hybridized carbons (Fsp3) is 0.375. The molecule has 0 saturated carbocycles. The summed E-state index contributed by atoms with van der Waals surface area (Å²) >= 11 is 0. The molecular formula is C16H21N3O4. The van der Waals surface area contributed by atoms with Crippen molar-refractivity contribution in [3.8, 4) is 11.8 Å². The molecule has 0 spiro atoms. The van der Waals surface area contributed by atoms with Crippen molar-refractivity contribution in [2.75, 3.05) is 38.3 Å². The van der Waals surface area contributed by atoms with E-state index in [-0.39, 0.29) is 18.8 Å². The van der Waals surface area contributed by atoms with Gasteiger partial charge in [-0.25, -0.2) is 0 Å². The van der Waals surface area contributed by atoms with E-state index in [4.69, 9.17) is 19.8 Å². The molecule has 0 bridgehead atoms. The van der Waals surface area contributed by atoms with Gasteiger partial charge in [-0.1, -0.05) is 0 Å². The molecule has 0 fully saturated rings. The van der Waals surface area contributed by atoms with Crippen LogP contribution < -0.4 is 15.4 Å². The lowest BCUT2D eigenvalue weighted by Gasteiger charge is -2.07. The van der Waals surface area contributed by atoms with E-state index >= 15 is 0 Å². The fourth-order valence-electron chi connectivity index (χ4n) is 1.62. The molecule has 0 aliphatic rings. The van der Waals surface area contributed by atoms with Crippen molar-refractivity contribution >= 4 is 11.6 Å². The normalized spacial score (nSPS) is 10.7.